The van der Waals surface area contributed by atoms with Crippen molar-refractivity contribution in [2.24, 2.45) is 0 Å². The second-order valence-corrected chi connectivity index (χ2v) is 6.96. The molecule has 0 spiro atoms. The summed E-state index contributed by atoms with van der Waals surface area (Å²) in [6.07, 6.45) is 5.44. The number of aromatic nitrogens is 2. The summed E-state index contributed by atoms with van der Waals surface area (Å²) in [5, 5.41) is 9.25. The van der Waals surface area contributed by atoms with Crippen molar-refractivity contribution in [3.05, 3.63) is 59.8 Å². The maximum atomic E-state index is 5.88. The third kappa shape index (κ3) is 4.89. The molecule has 4 heteroatoms. The molecule has 3 aromatic rings. The normalized spacial score (nSPS) is 12.4. The van der Waals surface area contributed by atoms with Crippen LogP contribution in [0.5, 0.6) is 5.75 Å². The Bertz CT molecular complexity index is 841. The number of unbranched alkanes of at least 4 members (excludes halogenated alkanes) is 1. The zero-order valence-corrected chi connectivity index (χ0v) is 16.7. The summed E-state index contributed by atoms with van der Waals surface area (Å²) in [6.45, 7) is 8.91. The molecule has 0 saturated heterocycles. The van der Waals surface area contributed by atoms with E-state index in [4.69, 9.17) is 4.74 Å². The quantitative estimate of drug-likeness (QED) is 0.506. The lowest BCUT2D eigenvalue weighted by Crippen LogP contribution is -2.20. The molecule has 0 fully saturated rings. The minimum Gasteiger partial charge on any atom is -0.493 e. The highest BCUT2D eigenvalue weighted by atomic mass is 16.5. The third-order valence-electron chi connectivity index (χ3n) is 5.03. The molecule has 1 N–H and O–H groups in total. The average Bonchev–Trinajstić information content (AvgIpc) is 3.12. The molecule has 1 unspecified atom stereocenters. The van der Waals surface area contributed by atoms with Crippen molar-refractivity contribution < 1.29 is 4.74 Å². The van der Waals surface area contributed by atoms with Gasteiger partial charge in [0.05, 0.1) is 23.7 Å². The first-order valence-corrected chi connectivity index (χ1v) is 10.1. The van der Waals surface area contributed by atoms with Gasteiger partial charge in [-0.25, -0.2) is 0 Å². The van der Waals surface area contributed by atoms with Crippen LogP contribution < -0.4 is 10.1 Å². The van der Waals surface area contributed by atoms with Crippen LogP contribution in [0.15, 0.2) is 48.7 Å². The molecule has 0 saturated carbocycles. The number of rotatable bonds is 10. The molecule has 0 bridgehead atoms. The van der Waals surface area contributed by atoms with Gasteiger partial charge in [-0.15, -0.1) is 0 Å². The Labute approximate surface area is 162 Å². The molecule has 27 heavy (non-hydrogen) atoms. The smallest absolute Gasteiger partial charge is 0.130 e. The first kappa shape index (κ1) is 19.4. The summed E-state index contributed by atoms with van der Waals surface area (Å²) in [4.78, 5) is 0. The average molecular weight is 366 g/mol. The second-order valence-electron chi connectivity index (χ2n) is 6.96. The zero-order chi connectivity index (χ0) is 19.1. The summed E-state index contributed by atoms with van der Waals surface area (Å²) in [5.74, 6) is 0.933. The van der Waals surface area contributed by atoms with Crippen LogP contribution in [0.1, 0.15) is 50.8 Å². The lowest BCUT2D eigenvalue weighted by molar-refractivity contribution is 0.343. The van der Waals surface area contributed by atoms with Gasteiger partial charge in [0.15, 0.2) is 0 Å². The van der Waals surface area contributed by atoms with E-state index in [1.165, 1.54) is 24.0 Å². The molecule has 1 heterocycles. The van der Waals surface area contributed by atoms with E-state index in [0.29, 0.717) is 6.61 Å². The van der Waals surface area contributed by atoms with E-state index in [0.717, 1.165) is 36.2 Å². The Balaban J connectivity index is 1.60. The van der Waals surface area contributed by atoms with Crippen LogP contribution in [0.3, 0.4) is 0 Å². The van der Waals surface area contributed by atoms with Gasteiger partial charge in [-0.3, -0.25) is 4.68 Å². The molecule has 0 aliphatic carbocycles. The fourth-order valence-electron chi connectivity index (χ4n) is 3.48. The van der Waals surface area contributed by atoms with Crippen molar-refractivity contribution in [2.75, 3.05) is 13.2 Å². The first-order valence-electron chi connectivity index (χ1n) is 10.1. The van der Waals surface area contributed by atoms with E-state index in [9.17, 15) is 0 Å². The van der Waals surface area contributed by atoms with Gasteiger partial charge >= 0.3 is 0 Å². The van der Waals surface area contributed by atoms with E-state index in [-0.39, 0.29) is 6.04 Å². The third-order valence-corrected chi connectivity index (χ3v) is 5.03. The molecule has 1 atom stereocenters. The van der Waals surface area contributed by atoms with E-state index < -0.39 is 0 Å². The Hall–Kier alpha value is -2.33. The molecule has 2 aromatic carbocycles. The van der Waals surface area contributed by atoms with Crippen molar-refractivity contribution in [3.63, 3.8) is 0 Å². The van der Waals surface area contributed by atoms with E-state index >= 15 is 0 Å². The number of hydrogen-bond acceptors (Lipinski definition) is 3. The lowest BCUT2D eigenvalue weighted by atomic mass is 10.0. The lowest BCUT2D eigenvalue weighted by Gasteiger charge is -2.17. The predicted octanol–water partition coefficient (Wildman–Crippen LogP) is 5.13. The van der Waals surface area contributed by atoms with Crippen LogP contribution >= 0.6 is 0 Å². The van der Waals surface area contributed by atoms with Crippen molar-refractivity contribution in [2.45, 2.75) is 52.6 Å². The SMILES string of the molecule is CCOc1cc(C(C)NCCCCc2ccccc2)cc2c1cnn2CC. The molecule has 4 nitrogen and oxygen atoms in total. The molecule has 0 amide bonds. The number of nitrogens with one attached hydrogen (secondary N) is 1. The highest BCUT2D eigenvalue weighted by molar-refractivity contribution is 5.86. The molecular weight excluding hydrogens is 334 g/mol. The molecule has 1 aromatic heterocycles. The molecule has 3 rings (SSSR count). The Morgan fingerprint density at radius 3 is 2.67 bits per heavy atom. The maximum Gasteiger partial charge on any atom is 0.130 e. The minimum absolute atomic E-state index is 0.283. The van der Waals surface area contributed by atoms with Crippen LogP contribution in [0.25, 0.3) is 10.9 Å². The van der Waals surface area contributed by atoms with Gasteiger partial charge in [0, 0.05) is 12.6 Å². The Kier molecular flexibility index (Phi) is 6.88. The summed E-state index contributed by atoms with van der Waals surface area (Å²) < 4.78 is 7.91. The fourth-order valence-corrected chi connectivity index (χ4v) is 3.48. The standard InChI is InChI=1S/C23H31N3O/c1-4-26-22-15-20(16-23(27-5-2)21(22)17-25-26)18(3)24-14-10-9-13-19-11-7-6-8-12-19/h6-8,11-12,15-18,24H,4-5,9-10,13-14H2,1-3H3. The highest BCUT2D eigenvalue weighted by Gasteiger charge is 2.13. The van der Waals surface area contributed by atoms with Gasteiger partial charge in [0.25, 0.3) is 0 Å². The Morgan fingerprint density at radius 1 is 1.11 bits per heavy atom. The predicted molar refractivity (Wildman–Crippen MR) is 112 cm³/mol. The second kappa shape index (κ2) is 9.56. The van der Waals surface area contributed by atoms with Crippen LogP contribution in [0.2, 0.25) is 0 Å². The van der Waals surface area contributed by atoms with Gasteiger partial charge in [0.1, 0.15) is 5.75 Å². The molecule has 0 aliphatic heterocycles. The van der Waals surface area contributed by atoms with Gasteiger partial charge in [0.2, 0.25) is 0 Å². The number of fused-ring (bicyclic) bond motifs is 1. The number of aryl methyl sites for hydroxylation is 2. The van der Waals surface area contributed by atoms with E-state index in [1.807, 2.05) is 17.8 Å². The van der Waals surface area contributed by atoms with Gasteiger partial charge in [-0.2, -0.15) is 5.10 Å². The monoisotopic (exact) mass is 365 g/mol. The first-order chi connectivity index (χ1) is 13.2. The molecule has 144 valence electrons. The van der Waals surface area contributed by atoms with E-state index in [2.05, 4.69) is 66.7 Å². The molecular formula is C23H31N3O. The van der Waals surface area contributed by atoms with Crippen LogP contribution in [-0.4, -0.2) is 22.9 Å². The number of benzene rings is 2. The largest absolute Gasteiger partial charge is 0.493 e. The van der Waals surface area contributed by atoms with Crippen molar-refractivity contribution in [3.8, 4) is 5.75 Å². The molecule has 0 aliphatic rings. The topological polar surface area (TPSA) is 39.1 Å². The summed E-state index contributed by atoms with van der Waals surface area (Å²) in [6, 6.07) is 15.4. The van der Waals surface area contributed by atoms with Crippen LogP contribution in [-0.2, 0) is 13.0 Å². The fraction of sp³-hybridized carbons (Fsp3) is 0.435. The van der Waals surface area contributed by atoms with E-state index in [1.54, 1.807) is 0 Å². The highest BCUT2D eigenvalue weighted by Crippen LogP contribution is 2.30. The van der Waals surface area contributed by atoms with Crippen molar-refractivity contribution in [1.29, 1.82) is 0 Å². The maximum absolute atomic E-state index is 5.88. The summed E-state index contributed by atoms with van der Waals surface area (Å²) in [7, 11) is 0. The van der Waals surface area contributed by atoms with Crippen LogP contribution in [0.4, 0.5) is 0 Å². The van der Waals surface area contributed by atoms with Gasteiger partial charge < -0.3 is 10.1 Å². The summed E-state index contributed by atoms with van der Waals surface area (Å²) >= 11 is 0. The number of ether oxygens (including phenoxy) is 1. The summed E-state index contributed by atoms with van der Waals surface area (Å²) in [5.41, 5.74) is 3.82. The number of hydrogen-bond donors (Lipinski definition) is 1. The molecule has 0 radical (unpaired) electrons. The zero-order valence-electron chi connectivity index (χ0n) is 16.7. The Morgan fingerprint density at radius 2 is 1.93 bits per heavy atom. The number of nitrogens with zero attached hydrogens (tertiary/aromatic N) is 2. The van der Waals surface area contributed by atoms with Crippen LogP contribution in [0, 0.1) is 0 Å². The van der Waals surface area contributed by atoms with Crippen molar-refractivity contribution >= 4 is 10.9 Å². The van der Waals surface area contributed by atoms with Gasteiger partial charge in [-0.05, 0) is 69.8 Å². The minimum atomic E-state index is 0.283. The van der Waals surface area contributed by atoms with Crippen molar-refractivity contribution in [1.82, 2.24) is 15.1 Å². The van der Waals surface area contributed by atoms with Gasteiger partial charge in [-0.1, -0.05) is 30.3 Å².